The highest BCUT2D eigenvalue weighted by Crippen LogP contribution is 2.19. The minimum atomic E-state index is 0.364. The van der Waals surface area contributed by atoms with Crippen molar-refractivity contribution in [1.82, 2.24) is 15.1 Å². The van der Waals surface area contributed by atoms with Crippen LogP contribution in [0.15, 0.2) is 35.7 Å². The zero-order valence-electron chi connectivity index (χ0n) is 10.6. The molecule has 0 saturated carbocycles. The van der Waals surface area contributed by atoms with E-state index < -0.39 is 0 Å². The highest BCUT2D eigenvalue weighted by molar-refractivity contribution is 5.24. The maximum absolute atomic E-state index is 3.45. The van der Waals surface area contributed by atoms with Crippen molar-refractivity contribution in [3.8, 4) is 0 Å². The van der Waals surface area contributed by atoms with Crippen molar-refractivity contribution < 1.29 is 0 Å². The van der Waals surface area contributed by atoms with E-state index in [0.29, 0.717) is 12.2 Å². The monoisotopic (exact) mass is 219 g/mol. The zero-order chi connectivity index (χ0) is 11.7. The average molecular weight is 219 g/mol. The van der Waals surface area contributed by atoms with E-state index in [1.54, 1.807) is 0 Å². The van der Waals surface area contributed by atoms with Crippen LogP contribution in [0.4, 0.5) is 0 Å². The molecule has 0 bridgehead atoms. The highest BCUT2D eigenvalue weighted by atomic mass is 15.4. The Morgan fingerprint density at radius 1 is 1.31 bits per heavy atom. The Hall–Kier alpha value is -1.22. The lowest BCUT2D eigenvalue weighted by molar-refractivity contribution is 0.0931. The Balaban J connectivity index is 2.13. The van der Waals surface area contributed by atoms with Gasteiger partial charge >= 0.3 is 0 Å². The second kappa shape index (κ2) is 4.34. The van der Waals surface area contributed by atoms with Crippen LogP contribution in [0, 0.1) is 0 Å². The third-order valence-electron chi connectivity index (χ3n) is 3.18. The van der Waals surface area contributed by atoms with Gasteiger partial charge in [-0.1, -0.05) is 12.2 Å². The van der Waals surface area contributed by atoms with Crippen LogP contribution in [0.25, 0.3) is 0 Å². The summed E-state index contributed by atoms with van der Waals surface area (Å²) < 4.78 is 0. The minimum Gasteiger partial charge on any atom is -0.381 e. The van der Waals surface area contributed by atoms with Gasteiger partial charge in [-0.05, 0) is 38.2 Å². The molecular weight excluding hydrogens is 198 g/mol. The van der Waals surface area contributed by atoms with Crippen molar-refractivity contribution in [2.24, 2.45) is 0 Å². The second-order valence-corrected chi connectivity index (χ2v) is 4.91. The van der Waals surface area contributed by atoms with Gasteiger partial charge in [-0.15, -0.1) is 0 Å². The summed E-state index contributed by atoms with van der Waals surface area (Å²) in [5.41, 5.74) is 2.69. The summed E-state index contributed by atoms with van der Waals surface area (Å²) in [4.78, 5) is 4.67. The van der Waals surface area contributed by atoms with Crippen molar-refractivity contribution in [3.63, 3.8) is 0 Å². The van der Waals surface area contributed by atoms with E-state index in [-0.39, 0.29) is 0 Å². The van der Waals surface area contributed by atoms with Crippen molar-refractivity contribution in [3.05, 3.63) is 35.7 Å². The molecule has 0 saturated heterocycles. The molecule has 2 unspecified atom stereocenters. The van der Waals surface area contributed by atoms with Crippen molar-refractivity contribution in [2.75, 3.05) is 20.6 Å². The molecule has 2 aliphatic heterocycles. The standard InChI is InChI=1S/C13H21N3/c1-10-5-6-12(14-7-10)13-15(3)8-11(2)9-16(13)4/h5-8,12-14H,9H2,1-4H3. The molecule has 0 spiro atoms. The average Bonchev–Trinajstić information content (AvgIpc) is 2.19. The van der Waals surface area contributed by atoms with E-state index in [0.717, 1.165) is 6.54 Å². The first kappa shape index (κ1) is 11.3. The summed E-state index contributed by atoms with van der Waals surface area (Å²) in [6.45, 7) is 5.33. The molecule has 0 fully saturated rings. The van der Waals surface area contributed by atoms with Gasteiger partial charge in [0.2, 0.25) is 0 Å². The van der Waals surface area contributed by atoms with Gasteiger partial charge in [0.25, 0.3) is 0 Å². The number of dihydropyridines is 1. The molecular formula is C13H21N3. The van der Waals surface area contributed by atoms with Crippen LogP contribution in [0.5, 0.6) is 0 Å². The largest absolute Gasteiger partial charge is 0.381 e. The maximum atomic E-state index is 3.45. The third kappa shape index (κ3) is 2.14. The number of likely N-dealkylation sites (N-methyl/N-ethyl adjacent to an activating group) is 2. The molecule has 16 heavy (non-hydrogen) atoms. The number of rotatable bonds is 1. The van der Waals surface area contributed by atoms with Gasteiger partial charge in [0.1, 0.15) is 6.17 Å². The Morgan fingerprint density at radius 3 is 2.62 bits per heavy atom. The summed E-state index contributed by atoms with van der Waals surface area (Å²) in [6, 6.07) is 0.364. The molecule has 1 N–H and O–H groups in total. The van der Waals surface area contributed by atoms with Crippen molar-refractivity contribution >= 4 is 0 Å². The van der Waals surface area contributed by atoms with Crippen molar-refractivity contribution in [1.29, 1.82) is 0 Å². The van der Waals surface area contributed by atoms with Crippen LogP contribution < -0.4 is 5.32 Å². The molecule has 3 nitrogen and oxygen atoms in total. The minimum absolute atomic E-state index is 0.364. The molecule has 2 aliphatic rings. The fourth-order valence-corrected chi connectivity index (χ4v) is 2.56. The fourth-order valence-electron chi connectivity index (χ4n) is 2.56. The third-order valence-corrected chi connectivity index (χ3v) is 3.18. The molecule has 0 aromatic rings. The Labute approximate surface area is 98.1 Å². The maximum Gasteiger partial charge on any atom is 0.106 e. The molecule has 0 aromatic carbocycles. The topological polar surface area (TPSA) is 18.5 Å². The number of hydrogen-bond acceptors (Lipinski definition) is 3. The molecule has 2 rings (SSSR count). The molecule has 0 amide bonds. The quantitative estimate of drug-likeness (QED) is 0.721. The molecule has 3 heteroatoms. The first-order valence-corrected chi connectivity index (χ1v) is 5.78. The number of nitrogens with zero attached hydrogens (tertiary/aromatic N) is 2. The molecule has 2 heterocycles. The van der Waals surface area contributed by atoms with Gasteiger partial charge in [-0.3, -0.25) is 4.90 Å². The number of hydrogen-bond donors (Lipinski definition) is 1. The Kier molecular flexibility index (Phi) is 3.06. The lowest BCUT2D eigenvalue weighted by Crippen LogP contribution is -2.56. The molecule has 0 aromatic heterocycles. The number of allylic oxidation sites excluding steroid dienone is 2. The van der Waals surface area contributed by atoms with E-state index in [4.69, 9.17) is 0 Å². The predicted molar refractivity (Wildman–Crippen MR) is 67.8 cm³/mol. The first-order valence-electron chi connectivity index (χ1n) is 5.78. The summed E-state index contributed by atoms with van der Waals surface area (Å²) in [6.07, 6.45) is 9.17. The normalized spacial score (nSPS) is 30.9. The Bertz CT molecular complexity index is 354. The predicted octanol–water partition coefficient (Wildman–Crippen LogP) is 1.53. The lowest BCUT2D eigenvalue weighted by atomic mass is 10.1. The zero-order valence-corrected chi connectivity index (χ0v) is 10.6. The van der Waals surface area contributed by atoms with Crippen LogP contribution in [0.1, 0.15) is 13.8 Å². The Morgan fingerprint density at radius 2 is 2.06 bits per heavy atom. The van der Waals surface area contributed by atoms with Gasteiger partial charge in [0.05, 0.1) is 6.04 Å². The fraction of sp³-hybridized carbons (Fsp3) is 0.538. The lowest BCUT2D eigenvalue weighted by Gasteiger charge is -2.43. The van der Waals surface area contributed by atoms with Crippen molar-refractivity contribution in [2.45, 2.75) is 26.1 Å². The molecule has 88 valence electrons. The molecule has 0 radical (unpaired) electrons. The van der Waals surface area contributed by atoms with E-state index in [9.17, 15) is 0 Å². The van der Waals surface area contributed by atoms with E-state index >= 15 is 0 Å². The van der Waals surface area contributed by atoms with Gasteiger partial charge in [0, 0.05) is 19.8 Å². The van der Waals surface area contributed by atoms with E-state index in [1.165, 1.54) is 11.1 Å². The summed E-state index contributed by atoms with van der Waals surface area (Å²) in [5, 5.41) is 3.45. The highest BCUT2D eigenvalue weighted by Gasteiger charge is 2.29. The van der Waals surface area contributed by atoms with Crippen LogP contribution in [-0.2, 0) is 0 Å². The van der Waals surface area contributed by atoms with Crippen LogP contribution in [0.2, 0.25) is 0 Å². The molecule has 0 aliphatic carbocycles. The summed E-state index contributed by atoms with van der Waals surface area (Å²) in [7, 11) is 4.32. The second-order valence-electron chi connectivity index (χ2n) is 4.91. The van der Waals surface area contributed by atoms with Crippen LogP contribution >= 0.6 is 0 Å². The summed E-state index contributed by atoms with van der Waals surface area (Å²) in [5.74, 6) is 0. The summed E-state index contributed by atoms with van der Waals surface area (Å²) >= 11 is 0. The first-order chi connectivity index (χ1) is 7.58. The molecule has 2 atom stereocenters. The van der Waals surface area contributed by atoms with Gasteiger partial charge in [0.15, 0.2) is 0 Å². The van der Waals surface area contributed by atoms with Gasteiger partial charge < -0.3 is 10.2 Å². The van der Waals surface area contributed by atoms with E-state index in [1.807, 2.05) is 0 Å². The van der Waals surface area contributed by atoms with Gasteiger partial charge in [-0.2, -0.15) is 0 Å². The smallest absolute Gasteiger partial charge is 0.106 e. The van der Waals surface area contributed by atoms with Crippen LogP contribution in [-0.4, -0.2) is 42.6 Å². The van der Waals surface area contributed by atoms with E-state index in [2.05, 4.69) is 67.6 Å². The SMILES string of the molecule is CC1=CNC(C2N(C)C=C(C)CN2C)C=C1. The van der Waals surface area contributed by atoms with Gasteiger partial charge in [-0.25, -0.2) is 0 Å². The van der Waals surface area contributed by atoms with Crippen LogP contribution in [0.3, 0.4) is 0 Å². The number of nitrogens with one attached hydrogen (secondary N) is 1.